The van der Waals surface area contributed by atoms with Gasteiger partial charge in [-0.1, -0.05) is 18.9 Å². The van der Waals surface area contributed by atoms with Crippen LogP contribution in [0.15, 0.2) is 18.2 Å². The highest BCUT2D eigenvalue weighted by Gasteiger charge is 2.27. The first-order chi connectivity index (χ1) is 8.65. The van der Waals surface area contributed by atoms with Crippen LogP contribution in [0.25, 0.3) is 0 Å². The molecule has 0 heterocycles. The molecule has 0 atom stereocenters. The number of hydrogen-bond donors (Lipinski definition) is 1. The average molecular weight is 250 g/mol. The first-order valence-electron chi connectivity index (χ1n) is 6.50. The van der Waals surface area contributed by atoms with Crippen molar-refractivity contribution in [2.24, 2.45) is 0 Å². The monoisotopic (exact) mass is 250 g/mol. The van der Waals surface area contributed by atoms with Crippen LogP contribution < -0.4 is 5.73 Å². The molecule has 0 aliphatic heterocycles. The zero-order chi connectivity index (χ0) is 13.1. The third-order valence-electron chi connectivity index (χ3n) is 3.65. The fourth-order valence-corrected chi connectivity index (χ4v) is 2.66. The van der Waals surface area contributed by atoms with E-state index in [1.54, 1.807) is 6.07 Å². The van der Waals surface area contributed by atoms with Gasteiger partial charge >= 0.3 is 0 Å². The molecule has 1 saturated carbocycles. The molecule has 0 unspecified atom stereocenters. The van der Waals surface area contributed by atoms with Crippen molar-refractivity contribution in [1.29, 1.82) is 0 Å². The highest BCUT2D eigenvalue weighted by atomic mass is 19.1. The summed E-state index contributed by atoms with van der Waals surface area (Å²) in [4.78, 5) is 14.2. The quantitative estimate of drug-likeness (QED) is 0.838. The number of para-hydroxylation sites is 1. The second kappa shape index (κ2) is 5.38. The molecular weight excluding hydrogens is 231 g/mol. The summed E-state index contributed by atoms with van der Waals surface area (Å²) in [6.07, 6.45) is 4.39. The summed E-state index contributed by atoms with van der Waals surface area (Å²) >= 11 is 0. The number of anilines is 1. The molecule has 0 spiro atoms. The van der Waals surface area contributed by atoms with Crippen molar-refractivity contribution in [3.05, 3.63) is 29.6 Å². The van der Waals surface area contributed by atoms with E-state index in [-0.39, 0.29) is 23.2 Å². The summed E-state index contributed by atoms with van der Waals surface area (Å²) in [6, 6.07) is 4.68. The molecular formula is C14H19FN2O. The number of hydrogen-bond acceptors (Lipinski definition) is 2. The van der Waals surface area contributed by atoms with Gasteiger partial charge in [0.05, 0.1) is 11.3 Å². The van der Waals surface area contributed by atoms with Crippen LogP contribution in [0.2, 0.25) is 0 Å². The second-order valence-corrected chi connectivity index (χ2v) is 4.73. The van der Waals surface area contributed by atoms with E-state index >= 15 is 0 Å². The van der Waals surface area contributed by atoms with Gasteiger partial charge < -0.3 is 10.6 Å². The van der Waals surface area contributed by atoms with Crippen molar-refractivity contribution in [1.82, 2.24) is 4.90 Å². The number of nitrogen functional groups attached to an aromatic ring is 1. The Morgan fingerprint density at radius 3 is 2.72 bits per heavy atom. The minimum absolute atomic E-state index is 0.0426. The maximum Gasteiger partial charge on any atom is 0.256 e. The number of nitrogens with two attached hydrogens (primary N) is 1. The lowest BCUT2D eigenvalue weighted by molar-refractivity contribution is 0.0694. The van der Waals surface area contributed by atoms with Gasteiger partial charge in [0.2, 0.25) is 0 Å². The van der Waals surface area contributed by atoms with Crippen LogP contribution in [0.5, 0.6) is 0 Å². The molecule has 0 radical (unpaired) electrons. The van der Waals surface area contributed by atoms with Gasteiger partial charge in [0.15, 0.2) is 0 Å². The fraction of sp³-hybridized carbons (Fsp3) is 0.500. The molecule has 1 aromatic carbocycles. The fourth-order valence-electron chi connectivity index (χ4n) is 2.66. The van der Waals surface area contributed by atoms with Crippen LogP contribution in [0.3, 0.4) is 0 Å². The summed E-state index contributed by atoms with van der Waals surface area (Å²) in [5, 5.41) is 0. The smallest absolute Gasteiger partial charge is 0.256 e. The molecule has 2 N–H and O–H groups in total. The Kier molecular flexibility index (Phi) is 3.84. The van der Waals surface area contributed by atoms with Gasteiger partial charge in [-0.2, -0.15) is 0 Å². The lowest BCUT2D eigenvalue weighted by Crippen LogP contribution is -2.39. The molecule has 0 saturated heterocycles. The Bertz CT molecular complexity index is 441. The highest BCUT2D eigenvalue weighted by Crippen LogP contribution is 2.26. The lowest BCUT2D eigenvalue weighted by Gasteiger charge is -2.28. The summed E-state index contributed by atoms with van der Waals surface area (Å²) < 4.78 is 13.4. The van der Waals surface area contributed by atoms with Crippen molar-refractivity contribution in [3.63, 3.8) is 0 Å². The normalized spacial score (nSPS) is 15.9. The molecule has 1 fully saturated rings. The third-order valence-corrected chi connectivity index (χ3v) is 3.65. The van der Waals surface area contributed by atoms with Crippen LogP contribution in [0.4, 0.5) is 10.1 Å². The molecule has 1 aliphatic rings. The Morgan fingerprint density at radius 1 is 1.44 bits per heavy atom. The van der Waals surface area contributed by atoms with E-state index in [1.165, 1.54) is 12.1 Å². The number of benzene rings is 1. The number of rotatable bonds is 3. The van der Waals surface area contributed by atoms with Crippen LogP contribution in [0, 0.1) is 5.82 Å². The first kappa shape index (κ1) is 12.9. The van der Waals surface area contributed by atoms with Crippen molar-refractivity contribution in [2.45, 2.75) is 38.6 Å². The van der Waals surface area contributed by atoms with Crippen LogP contribution >= 0.6 is 0 Å². The number of carbonyl (C=O) groups is 1. The number of halogens is 1. The zero-order valence-electron chi connectivity index (χ0n) is 10.7. The summed E-state index contributed by atoms with van der Waals surface area (Å²) in [6.45, 7) is 2.59. The van der Waals surface area contributed by atoms with Crippen molar-refractivity contribution < 1.29 is 9.18 Å². The Morgan fingerprint density at radius 2 is 2.11 bits per heavy atom. The topological polar surface area (TPSA) is 46.3 Å². The highest BCUT2D eigenvalue weighted by molar-refractivity contribution is 5.99. The van der Waals surface area contributed by atoms with Gasteiger partial charge in [-0.25, -0.2) is 4.39 Å². The predicted octanol–water partition coefficient (Wildman–Crippen LogP) is 2.81. The molecule has 0 aromatic heterocycles. The first-order valence-corrected chi connectivity index (χ1v) is 6.50. The molecule has 18 heavy (non-hydrogen) atoms. The molecule has 4 heteroatoms. The number of carbonyl (C=O) groups excluding carboxylic acids is 1. The van der Waals surface area contributed by atoms with Crippen molar-refractivity contribution in [2.75, 3.05) is 12.3 Å². The van der Waals surface area contributed by atoms with E-state index in [0.717, 1.165) is 25.7 Å². The molecule has 0 bridgehead atoms. The van der Waals surface area contributed by atoms with E-state index < -0.39 is 5.82 Å². The van der Waals surface area contributed by atoms with Crippen molar-refractivity contribution in [3.8, 4) is 0 Å². The Labute approximate surface area is 107 Å². The van der Waals surface area contributed by atoms with Gasteiger partial charge in [0.1, 0.15) is 5.82 Å². The molecule has 2 rings (SSSR count). The molecule has 3 nitrogen and oxygen atoms in total. The molecule has 98 valence electrons. The maximum atomic E-state index is 13.4. The van der Waals surface area contributed by atoms with Gasteiger partial charge in [-0.15, -0.1) is 0 Å². The SMILES string of the molecule is CCN(C(=O)c1cccc(F)c1N)C1CCCC1. The Balaban J connectivity index is 2.25. The van der Waals surface area contributed by atoms with Gasteiger partial charge in [-0.3, -0.25) is 4.79 Å². The van der Waals surface area contributed by atoms with E-state index in [0.29, 0.717) is 6.54 Å². The van der Waals surface area contributed by atoms with Gasteiger partial charge in [-0.05, 0) is 31.9 Å². The largest absolute Gasteiger partial charge is 0.396 e. The molecule has 1 aliphatic carbocycles. The summed E-state index contributed by atoms with van der Waals surface area (Å²) in [5.41, 5.74) is 5.89. The lowest BCUT2D eigenvalue weighted by atomic mass is 10.1. The minimum atomic E-state index is -0.525. The van der Waals surface area contributed by atoms with Gasteiger partial charge in [0, 0.05) is 12.6 Å². The summed E-state index contributed by atoms with van der Waals surface area (Å²) in [5.74, 6) is -0.676. The van der Waals surface area contributed by atoms with Crippen LogP contribution in [-0.4, -0.2) is 23.4 Å². The minimum Gasteiger partial charge on any atom is -0.396 e. The predicted molar refractivity (Wildman–Crippen MR) is 69.8 cm³/mol. The van der Waals surface area contributed by atoms with Crippen LogP contribution in [0.1, 0.15) is 43.0 Å². The average Bonchev–Trinajstić information content (AvgIpc) is 2.87. The molecule has 1 amide bonds. The number of amides is 1. The zero-order valence-corrected chi connectivity index (χ0v) is 10.7. The second-order valence-electron chi connectivity index (χ2n) is 4.73. The number of nitrogens with zero attached hydrogens (tertiary/aromatic N) is 1. The van der Waals surface area contributed by atoms with E-state index in [2.05, 4.69) is 0 Å². The van der Waals surface area contributed by atoms with E-state index in [9.17, 15) is 9.18 Å². The third kappa shape index (κ3) is 2.33. The van der Waals surface area contributed by atoms with E-state index in [1.807, 2.05) is 11.8 Å². The molecule has 1 aromatic rings. The van der Waals surface area contributed by atoms with Crippen LogP contribution in [-0.2, 0) is 0 Å². The maximum absolute atomic E-state index is 13.4. The van der Waals surface area contributed by atoms with Gasteiger partial charge in [0.25, 0.3) is 5.91 Å². The standard InChI is InChI=1S/C14H19FN2O/c1-2-17(10-6-3-4-7-10)14(18)11-8-5-9-12(15)13(11)16/h5,8-10H,2-4,6-7,16H2,1H3. The van der Waals surface area contributed by atoms with E-state index in [4.69, 9.17) is 5.73 Å². The van der Waals surface area contributed by atoms with Crippen molar-refractivity contribution >= 4 is 11.6 Å². The summed E-state index contributed by atoms with van der Waals surface area (Å²) in [7, 11) is 0. The Hall–Kier alpha value is -1.58.